The normalized spacial score (nSPS) is 13.4. The second-order valence-electron chi connectivity index (χ2n) is 7.63. The summed E-state index contributed by atoms with van der Waals surface area (Å²) >= 11 is 13.0. The SMILES string of the molecule is O=C(c1ccc(Cc2c(Cl)cc(N3N=CCNC3=O)cc2Cl)cc1)c1c[nH]c2ccccc12. The van der Waals surface area contributed by atoms with Crippen molar-refractivity contribution < 1.29 is 9.59 Å². The number of nitrogens with zero attached hydrogens (tertiary/aromatic N) is 2. The van der Waals surface area contributed by atoms with Crippen LogP contribution < -0.4 is 10.3 Å². The highest BCUT2D eigenvalue weighted by molar-refractivity contribution is 6.36. The number of aromatic amines is 1. The number of ketones is 1. The Balaban J connectivity index is 1.37. The number of carbonyl (C=O) groups is 2. The van der Waals surface area contributed by atoms with E-state index in [0.29, 0.717) is 39.8 Å². The van der Waals surface area contributed by atoms with Crippen LogP contribution in [0, 0.1) is 0 Å². The molecule has 6 nitrogen and oxygen atoms in total. The Morgan fingerprint density at radius 1 is 1.03 bits per heavy atom. The molecule has 2 N–H and O–H groups in total. The van der Waals surface area contributed by atoms with Gasteiger partial charge in [-0.1, -0.05) is 65.7 Å². The third kappa shape index (κ3) is 4.11. The Morgan fingerprint density at radius 3 is 2.48 bits per heavy atom. The molecule has 1 aliphatic rings. The lowest BCUT2D eigenvalue weighted by atomic mass is 9.99. The molecule has 33 heavy (non-hydrogen) atoms. The highest BCUT2D eigenvalue weighted by Crippen LogP contribution is 2.33. The number of rotatable bonds is 5. The molecule has 0 radical (unpaired) electrons. The van der Waals surface area contributed by atoms with Crippen molar-refractivity contribution in [3.05, 3.63) is 99.2 Å². The Bertz CT molecular complexity index is 1390. The van der Waals surface area contributed by atoms with E-state index in [1.165, 1.54) is 5.01 Å². The van der Waals surface area contributed by atoms with Gasteiger partial charge >= 0.3 is 6.03 Å². The van der Waals surface area contributed by atoms with Gasteiger partial charge in [0.15, 0.2) is 5.78 Å². The number of anilines is 1. The van der Waals surface area contributed by atoms with E-state index in [2.05, 4.69) is 15.4 Å². The van der Waals surface area contributed by atoms with E-state index in [-0.39, 0.29) is 11.8 Å². The summed E-state index contributed by atoms with van der Waals surface area (Å²) in [6, 6.07) is 18.1. The number of hydrazone groups is 1. The van der Waals surface area contributed by atoms with Crippen molar-refractivity contribution in [1.29, 1.82) is 0 Å². The van der Waals surface area contributed by atoms with Gasteiger partial charge in [-0.05, 0) is 29.3 Å². The van der Waals surface area contributed by atoms with Crippen LogP contribution in [0.1, 0.15) is 27.0 Å². The van der Waals surface area contributed by atoms with Gasteiger partial charge in [0.1, 0.15) is 0 Å². The number of fused-ring (bicyclic) bond motifs is 1. The lowest BCUT2D eigenvalue weighted by Crippen LogP contribution is -2.41. The van der Waals surface area contributed by atoms with Gasteiger partial charge in [-0.25, -0.2) is 4.79 Å². The number of hydrogen-bond acceptors (Lipinski definition) is 3. The van der Waals surface area contributed by atoms with E-state index < -0.39 is 0 Å². The topological polar surface area (TPSA) is 77.6 Å². The van der Waals surface area contributed by atoms with Crippen LogP contribution in [0.3, 0.4) is 0 Å². The fourth-order valence-electron chi connectivity index (χ4n) is 3.84. The number of para-hydroxylation sites is 1. The predicted molar refractivity (Wildman–Crippen MR) is 132 cm³/mol. The zero-order valence-corrected chi connectivity index (χ0v) is 18.8. The van der Waals surface area contributed by atoms with E-state index in [1.807, 2.05) is 48.5 Å². The molecule has 0 saturated carbocycles. The van der Waals surface area contributed by atoms with Crippen molar-refractivity contribution in [1.82, 2.24) is 10.3 Å². The Hall–Kier alpha value is -3.61. The molecule has 2 heterocycles. The number of aromatic nitrogens is 1. The third-order valence-electron chi connectivity index (χ3n) is 5.54. The fraction of sp³-hybridized carbons (Fsp3) is 0.0800. The van der Waals surface area contributed by atoms with Crippen LogP contribution in [0.4, 0.5) is 10.5 Å². The first-order chi connectivity index (χ1) is 16.0. The summed E-state index contributed by atoms with van der Waals surface area (Å²) in [6.07, 6.45) is 3.82. The highest BCUT2D eigenvalue weighted by Gasteiger charge is 2.20. The second-order valence-corrected chi connectivity index (χ2v) is 8.45. The number of benzene rings is 3. The van der Waals surface area contributed by atoms with Gasteiger partial charge in [0, 0.05) is 50.9 Å². The van der Waals surface area contributed by atoms with E-state index in [0.717, 1.165) is 22.0 Å². The van der Waals surface area contributed by atoms with Gasteiger partial charge in [0.05, 0.1) is 12.2 Å². The Kier molecular flexibility index (Phi) is 5.62. The number of H-pyrrole nitrogens is 1. The van der Waals surface area contributed by atoms with E-state index in [1.54, 1.807) is 24.5 Å². The van der Waals surface area contributed by atoms with Crippen LogP contribution in [-0.4, -0.2) is 29.6 Å². The standard InChI is InChI=1S/C25H18Cl2N4O2/c26-21-12-17(31-25(33)28-9-10-30-31)13-22(27)19(21)11-15-5-7-16(8-6-15)24(32)20-14-29-23-4-2-1-3-18(20)23/h1-8,10,12-14,29H,9,11H2,(H,28,33). The van der Waals surface area contributed by atoms with E-state index in [4.69, 9.17) is 23.2 Å². The number of hydrogen-bond donors (Lipinski definition) is 2. The molecule has 0 saturated heterocycles. The molecule has 2 amide bonds. The van der Waals surface area contributed by atoms with Gasteiger partial charge < -0.3 is 10.3 Å². The van der Waals surface area contributed by atoms with Crippen molar-refractivity contribution in [2.45, 2.75) is 6.42 Å². The average molecular weight is 477 g/mol. The van der Waals surface area contributed by atoms with Crippen LogP contribution in [-0.2, 0) is 6.42 Å². The van der Waals surface area contributed by atoms with Gasteiger partial charge in [-0.3, -0.25) is 4.79 Å². The minimum absolute atomic E-state index is 0.0419. The van der Waals surface area contributed by atoms with Crippen LogP contribution in [0.25, 0.3) is 10.9 Å². The summed E-state index contributed by atoms with van der Waals surface area (Å²) < 4.78 is 0. The molecule has 4 aromatic rings. The van der Waals surface area contributed by atoms with Crippen molar-refractivity contribution in [2.24, 2.45) is 5.10 Å². The first kappa shape index (κ1) is 21.2. The molecule has 3 aromatic carbocycles. The summed E-state index contributed by atoms with van der Waals surface area (Å²) in [5, 5.41) is 9.76. The minimum Gasteiger partial charge on any atom is -0.360 e. The number of carbonyl (C=O) groups excluding carboxylic acids is 2. The predicted octanol–water partition coefficient (Wildman–Crippen LogP) is 5.81. The lowest BCUT2D eigenvalue weighted by molar-refractivity contribution is 0.104. The van der Waals surface area contributed by atoms with Gasteiger partial charge in [0.2, 0.25) is 0 Å². The Morgan fingerprint density at radius 2 is 1.76 bits per heavy atom. The molecule has 0 atom stereocenters. The number of halogens is 2. The van der Waals surface area contributed by atoms with Crippen LogP contribution in [0.2, 0.25) is 10.0 Å². The maximum Gasteiger partial charge on any atom is 0.342 e. The van der Waals surface area contributed by atoms with Crippen molar-refractivity contribution >= 4 is 57.8 Å². The smallest absolute Gasteiger partial charge is 0.342 e. The lowest BCUT2D eigenvalue weighted by Gasteiger charge is -2.22. The van der Waals surface area contributed by atoms with Crippen LogP contribution in [0.15, 0.2) is 72.0 Å². The number of amides is 2. The average Bonchev–Trinajstić information content (AvgIpc) is 3.26. The molecule has 0 unspecified atom stereocenters. The van der Waals surface area contributed by atoms with Crippen LogP contribution in [0.5, 0.6) is 0 Å². The maximum atomic E-state index is 13.0. The molecule has 8 heteroatoms. The molecule has 1 aliphatic heterocycles. The van der Waals surface area contributed by atoms with Crippen molar-refractivity contribution in [2.75, 3.05) is 11.6 Å². The number of nitrogens with one attached hydrogen (secondary N) is 2. The van der Waals surface area contributed by atoms with E-state index >= 15 is 0 Å². The molecule has 0 bridgehead atoms. The molecule has 164 valence electrons. The summed E-state index contributed by atoms with van der Waals surface area (Å²) in [4.78, 5) is 28.2. The Labute approximate surface area is 199 Å². The molecular weight excluding hydrogens is 459 g/mol. The van der Waals surface area contributed by atoms with Gasteiger partial charge in [0.25, 0.3) is 0 Å². The summed E-state index contributed by atoms with van der Waals surface area (Å²) in [5.74, 6) is -0.0419. The quantitative estimate of drug-likeness (QED) is 0.356. The summed E-state index contributed by atoms with van der Waals surface area (Å²) in [6.45, 7) is 0.383. The fourth-order valence-corrected chi connectivity index (χ4v) is 4.45. The first-order valence-corrected chi connectivity index (χ1v) is 11.0. The number of urea groups is 1. The molecule has 0 spiro atoms. The van der Waals surface area contributed by atoms with Gasteiger partial charge in [-0.2, -0.15) is 10.1 Å². The van der Waals surface area contributed by atoms with Crippen molar-refractivity contribution in [3.63, 3.8) is 0 Å². The van der Waals surface area contributed by atoms with Crippen molar-refractivity contribution in [3.8, 4) is 0 Å². The van der Waals surface area contributed by atoms with E-state index in [9.17, 15) is 9.59 Å². The molecule has 1 aromatic heterocycles. The molecule has 5 rings (SSSR count). The van der Waals surface area contributed by atoms with Gasteiger partial charge in [-0.15, -0.1) is 0 Å². The largest absolute Gasteiger partial charge is 0.360 e. The molecule has 0 fully saturated rings. The first-order valence-electron chi connectivity index (χ1n) is 10.3. The third-order valence-corrected chi connectivity index (χ3v) is 6.21. The zero-order chi connectivity index (χ0) is 22.9. The highest BCUT2D eigenvalue weighted by atomic mass is 35.5. The van der Waals surface area contributed by atoms with Crippen LogP contribution >= 0.6 is 23.2 Å². The summed E-state index contributed by atoms with van der Waals surface area (Å²) in [5.41, 5.74) is 4.35. The molecular formula is C25H18Cl2N4O2. The minimum atomic E-state index is -0.340. The second kappa shape index (κ2) is 8.73. The zero-order valence-electron chi connectivity index (χ0n) is 17.3. The molecule has 0 aliphatic carbocycles. The monoisotopic (exact) mass is 476 g/mol. The summed E-state index contributed by atoms with van der Waals surface area (Å²) in [7, 11) is 0. The maximum absolute atomic E-state index is 13.0.